The SMILES string of the molecule is Nc1nc(=O)n([C@@H]2O[C@H](COP(=O)(O)O)C(O[PH](=O)O)C2O)cc1CCCNC(=O)c1ccc(/N=N/c2cc(CCNC(=O)CCOCCOCCOCCOCCNC(=O)CCCC[C@@H]3SC[C@@H]4NC(=O)N[C@@H]43)ccc2O)cc1. The summed E-state index contributed by atoms with van der Waals surface area (Å²) in [7, 11) is -8.68. The monoisotopic (exact) mass is 1180 g/mol. The summed E-state index contributed by atoms with van der Waals surface area (Å²) in [6.45, 7) is 2.87. The van der Waals surface area contributed by atoms with E-state index in [4.69, 9.17) is 43.7 Å². The number of aliphatic hydroxyl groups is 1. The van der Waals surface area contributed by atoms with E-state index in [1.54, 1.807) is 24.3 Å². The number of aryl methyl sites for hydroxylation is 1. The number of nitrogen functional groups attached to an aromatic ring is 1. The van der Waals surface area contributed by atoms with Crippen LogP contribution in [0.1, 0.15) is 66.2 Å². The number of azo groups is 1. The largest absolute Gasteiger partial charge is 0.506 e. The Morgan fingerprint density at radius 2 is 1.55 bits per heavy atom. The average molecular weight is 1190 g/mol. The Balaban J connectivity index is 0.769. The molecule has 0 radical (unpaired) electrons. The number of phenolic OH excluding ortho intramolecular Hbond substituents is 1. The number of ether oxygens (including phenoxy) is 5. The molecule has 3 aliphatic rings. The summed E-state index contributed by atoms with van der Waals surface area (Å²) in [4.78, 5) is 92.9. The molecule has 0 spiro atoms. The van der Waals surface area contributed by atoms with Crippen LogP contribution in [-0.4, -0.2) is 179 Å². The summed E-state index contributed by atoms with van der Waals surface area (Å²) >= 11 is 1.88. The number of carbonyl (C=O) groups is 4. The number of aromatic nitrogens is 2. The van der Waals surface area contributed by atoms with Crippen LogP contribution in [0.25, 0.3) is 0 Å². The van der Waals surface area contributed by atoms with Crippen LogP contribution in [0.4, 0.5) is 22.0 Å². The number of hydrogen-bond acceptors (Lipinski definition) is 21. The first-order valence-corrected chi connectivity index (χ1v) is 29.7. The highest BCUT2D eigenvalue weighted by Crippen LogP contribution is 2.41. The second-order valence-electron chi connectivity index (χ2n) is 18.5. The Labute approximate surface area is 465 Å². The summed E-state index contributed by atoms with van der Waals surface area (Å²) in [5.74, 6) is 0.0845. The molecule has 3 aromatic rings. The highest BCUT2D eigenvalue weighted by molar-refractivity contribution is 8.00. The van der Waals surface area contributed by atoms with E-state index >= 15 is 0 Å². The van der Waals surface area contributed by atoms with Crippen molar-refractivity contribution in [3.05, 3.63) is 75.8 Å². The van der Waals surface area contributed by atoms with Gasteiger partial charge in [-0.15, -0.1) is 5.11 Å². The van der Waals surface area contributed by atoms with Gasteiger partial charge in [-0.25, -0.2) is 14.2 Å². The number of benzene rings is 2. The Kier molecular flexibility index (Phi) is 26.2. The van der Waals surface area contributed by atoms with Gasteiger partial charge in [0.15, 0.2) is 6.23 Å². The average Bonchev–Trinajstić information content (AvgIpc) is 4.12. The highest BCUT2D eigenvalue weighted by atomic mass is 32.2. The van der Waals surface area contributed by atoms with Gasteiger partial charge in [0.2, 0.25) is 11.8 Å². The van der Waals surface area contributed by atoms with Gasteiger partial charge in [0.05, 0.1) is 77.2 Å². The van der Waals surface area contributed by atoms with Gasteiger partial charge < -0.3 is 85.4 Å². The number of thioether (sulfide) groups is 1. The highest BCUT2D eigenvalue weighted by Gasteiger charge is 2.48. The third-order valence-corrected chi connectivity index (χ3v) is 15.1. The minimum atomic E-state index is -5.01. The molecule has 0 aliphatic carbocycles. The van der Waals surface area contributed by atoms with E-state index in [1.165, 1.54) is 24.4 Å². The van der Waals surface area contributed by atoms with E-state index in [-0.39, 0.29) is 73.2 Å². The zero-order valence-corrected chi connectivity index (χ0v) is 46.4. The fourth-order valence-electron chi connectivity index (χ4n) is 8.58. The van der Waals surface area contributed by atoms with Crippen molar-refractivity contribution in [2.45, 2.75) is 93.2 Å². The number of phosphoric ester groups is 1. The first kappa shape index (κ1) is 63.7. The second-order valence-corrected chi connectivity index (χ2v) is 21.8. The zero-order valence-electron chi connectivity index (χ0n) is 43.7. The lowest BCUT2D eigenvalue weighted by Crippen LogP contribution is -2.37. The van der Waals surface area contributed by atoms with Crippen molar-refractivity contribution in [1.29, 1.82) is 0 Å². The minimum Gasteiger partial charge on any atom is -0.506 e. The van der Waals surface area contributed by atoms with Crippen LogP contribution in [0.3, 0.4) is 0 Å². The van der Waals surface area contributed by atoms with Crippen LogP contribution < -0.4 is 38.0 Å². The van der Waals surface area contributed by atoms with Crippen molar-refractivity contribution >= 4 is 68.8 Å². The number of amides is 5. The number of nitrogens with two attached hydrogens (primary N) is 1. The summed E-state index contributed by atoms with van der Waals surface area (Å²) in [5.41, 5.74) is 7.03. The molecule has 32 heteroatoms. The zero-order chi connectivity index (χ0) is 57.4. The summed E-state index contributed by atoms with van der Waals surface area (Å²) < 4.78 is 60.4. The maximum absolute atomic E-state index is 12.9. The molecule has 4 heterocycles. The summed E-state index contributed by atoms with van der Waals surface area (Å²) in [5, 5.41) is 44.4. The van der Waals surface area contributed by atoms with Crippen LogP contribution in [0.5, 0.6) is 5.75 Å². The van der Waals surface area contributed by atoms with Crippen LogP contribution in [0, 0.1) is 0 Å². The van der Waals surface area contributed by atoms with E-state index < -0.39 is 58.8 Å². The number of rotatable bonds is 36. The van der Waals surface area contributed by atoms with Crippen molar-refractivity contribution in [2.24, 2.45) is 10.2 Å². The smallest absolute Gasteiger partial charge is 0.469 e. The Morgan fingerprint density at radius 1 is 0.863 bits per heavy atom. The lowest BCUT2D eigenvalue weighted by molar-refractivity contribution is -0.122. The molecule has 3 aliphatic heterocycles. The predicted molar refractivity (Wildman–Crippen MR) is 288 cm³/mol. The van der Waals surface area contributed by atoms with Crippen LogP contribution in [0.2, 0.25) is 0 Å². The van der Waals surface area contributed by atoms with Crippen LogP contribution in [-0.2, 0) is 64.3 Å². The third-order valence-electron chi connectivity index (χ3n) is 12.6. The second kappa shape index (κ2) is 32.9. The maximum Gasteiger partial charge on any atom is 0.469 e. The molecule has 442 valence electrons. The molecule has 80 heavy (non-hydrogen) atoms. The maximum atomic E-state index is 12.9. The molecule has 0 bridgehead atoms. The topological polar surface area (TPSA) is 414 Å². The molecular weight excluding hydrogens is 1110 g/mol. The lowest BCUT2D eigenvalue weighted by atomic mass is 10.0. The summed E-state index contributed by atoms with van der Waals surface area (Å²) in [6.07, 6.45) is -0.859. The number of nitrogens with zero attached hydrogens (tertiary/aromatic N) is 4. The Bertz CT molecular complexity index is 2670. The number of anilines is 1. The Morgan fingerprint density at radius 3 is 2.26 bits per heavy atom. The number of aliphatic hydroxyl groups excluding tert-OH is 1. The molecular formula is C48H70N10O19P2S. The number of nitrogens with one attached hydrogen (secondary N) is 5. The first-order chi connectivity index (χ1) is 38.4. The molecule has 8 atom stereocenters. The Hall–Kier alpha value is -5.43. The van der Waals surface area contributed by atoms with Gasteiger partial charge in [0.1, 0.15) is 35.6 Å². The molecule has 12 N–H and O–H groups in total. The van der Waals surface area contributed by atoms with Crippen molar-refractivity contribution < 1.29 is 85.9 Å². The molecule has 3 unspecified atom stereocenters. The van der Waals surface area contributed by atoms with Gasteiger partial charge in [-0.1, -0.05) is 12.5 Å². The number of hydrogen-bond donors (Lipinski definition) is 11. The van der Waals surface area contributed by atoms with Gasteiger partial charge >= 0.3 is 27.8 Å². The first-order valence-electron chi connectivity index (χ1n) is 25.9. The van der Waals surface area contributed by atoms with Crippen LogP contribution in [0.15, 0.2) is 63.7 Å². The number of carbonyl (C=O) groups excluding carboxylic acids is 4. The molecule has 6 rings (SSSR count). The van der Waals surface area contributed by atoms with Gasteiger partial charge in [0.25, 0.3) is 5.91 Å². The summed E-state index contributed by atoms with van der Waals surface area (Å²) in [6, 6.07) is 11.3. The molecule has 0 saturated carbocycles. The van der Waals surface area contributed by atoms with Crippen molar-refractivity contribution in [3.63, 3.8) is 0 Å². The van der Waals surface area contributed by atoms with Gasteiger partial charge in [0, 0.05) is 60.8 Å². The van der Waals surface area contributed by atoms with Crippen LogP contribution >= 0.6 is 27.8 Å². The molecule has 2 aromatic carbocycles. The number of urea groups is 1. The number of phosphoric acid groups is 1. The molecule has 29 nitrogen and oxygen atoms in total. The van der Waals surface area contributed by atoms with Gasteiger partial charge in [-0.3, -0.25) is 28.0 Å². The van der Waals surface area contributed by atoms with E-state index in [1.807, 2.05) is 11.8 Å². The minimum absolute atomic E-state index is 0.00124. The number of phenols is 1. The normalized spacial score (nSPS) is 21.1. The third kappa shape index (κ3) is 21.5. The van der Waals surface area contributed by atoms with E-state index in [0.29, 0.717) is 101 Å². The number of unbranched alkanes of at least 4 members (excludes halogenated alkanes) is 1. The number of fused-ring (bicyclic) bond motifs is 1. The standard InChI is InChI=1S/C48H70N10O19P2S/c49-44-32(27-58(48(65)55-44)46-42(62)43(77-78(66)67)37(76-46)28-75-79(68,69)70)4-3-15-52-45(63)31-8-10-33(11-9-31)56-57-34-26-30(7-12-36(34)59)13-16-50-40(61)14-18-71-20-22-73-24-25-74-23-21-72-19-17-51-39(60)6-2-1-5-38-41-35(29-80-38)53-47(64)54-41/h7-12,26-27,35,37-38,41-43,46,59,62,78H,1-6,13-25,28-29H2,(H,50,61)(H,51,60)(H,52,63)(H,66,67)(H2,49,55,65)(H2,53,54,64)(H2,68,69,70)/b57-56+/t35-,37+,38-,41-,42?,43?,46+/m0/s1. The van der Waals surface area contributed by atoms with Gasteiger partial charge in [-0.2, -0.15) is 21.9 Å². The van der Waals surface area contributed by atoms with Crippen molar-refractivity contribution in [3.8, 4) is 5.75 Å². The van der Waals surface area contributed by atoms with E-state index in [0.717, 1.165) is 35.1 Å². The quantitative estimate of drug-likeness (QED) is 0.0170. The van der Waals surface area contributed by atoms with E-state index in [2.05, 4.69) is 46.3 Å². The predicted octanol–water partition coefficient (Wildman–Crippen LogP) is 1.40. The molecule has 1 aromatic heterocycles. The van der Waals surface area contributed by atoms with Gasteiger partial charge in [-0.05, 0) is 74.1 Å². The van der Waals surface area contributed by atoms with E-state index in [9.17, 15) is 48.2 Å². The molecule has 5 amide bonds. The fraction of sp³-hybridized carbons (Fsp3) is 0.583. The van der Waals surface area contributed by atoms with Crippen molar-refractivity contribution in [2.75, 3.05) is 90.6 Å². The number of aromatic hydroxyl groups is 1. The van der Waals surface area contributed by atoms with Crippen molar-refractivity contribution in [1.82, 2.24) is 36.1 Å². The lowest BCUT2D eigenvalue weighted by Gasteiger charge is -2.19. The molecule has 3 saturated heterocycles. The fourth-order valence-corrected chi connectivity index (χ4v) is 11.0. The molecule has 3 fully saturated rings.